The van der Waals surface area contributed by atoms with Gasteiger partial charge < -0.3 is 5.73 Å². The van der Waals surface area contributed by atoms with Crippen LogP contribution in [0.3, 0.4) is 0 Å². The molecule has 0 saturated heterocycles. The Balaban J connectivity index is 2.39. The first-order chi connectivity index (χ1) is 7.99. The Hall–Kier alpha value is -0.130. The molecule has 2 rings (SSSR count). The number of thiophene rings is 1. The molecule has 0 aliphatic rings. The minimum Gasteiger partial charge on any atom is -0.320 e. The fraction of sp³-hybridized carbons (Fsp3) is 0.0909. The lowest BCUT2D eigenvalue weighted by molar-refractivity contribution is 0.601. The summed E-state index contributed by atoms with van der Waals surface area (Å²) in [5.74, 6) is -0.411. The Kier molecular flexibility index (Phi) is 4.10. The smallest absolute Gasteiger partial charge is 0.129 e. The van der Waals surface area contributed by atoms with Gasteiger partial charge in [-0.15, -0.1) is 11.3 Å². The molecule has 0 bridgehead atoms. The number of benzene rings is 1. The number of halogens is 4. The van der Waals surface area contributed by atoms with Crippen LogP contribution >= 0.6 is 50.5 Å². The third-order valence-electron chi connectivity index (χ3n) is 2.27. The van der Waals surface area contributed by atoms with Crippen LogP contribution < -0.4 is 5.73 Å². The summed E-state index contributed by atoms with van der Waals surface area (Å²) in [7, 11) is 0. The zero-order valence-corrected chi connectivity index (χ0v) is 12.3. The van der Waals surface area contributed by atoms with Crippen LogP contribution in [0.2, 0.25) is 10.0 Å². The molecule has 1 aromatic carbocycles. The van der Waals surface area contributed by atoms with Crippen molar-refractivity contribution in [1.82, 2.24) is 0 Å². The van der Waals surface area contributed by atoms with Gasteiger partial charge in [-0.25, -0.2) is 4.39 Å². The van der Waals surface area contributed by atoms with Gasteiger partial charge in [0.15, 0.2) is 0 Å². The van der Waals surface area contributed by atoms with Crippen molar-refractivity contribution in [2.45, 2.75) is 6.04 Å². The molecule has 17 heavy (non-hydrogen) atoms. The van der Waals surface area contributed by atoms with E-state index in [9.17, 15) is 4.39 Å². The Morgan fingerprint density at radius 2 is 2.00 bits per heavy atom. The second-order valence-corrected chi connectivity index (χ2v) is 6.66. The molecule has 0 aliphatic heterocycles. The van der Waals surface area contributed by atoms with Gasteiger partial charge in [-0.05, 0) is 34.1 Å². The molecule has 1 unspecified atom stereocenters. The van der Waals surface area contributed by atoms with Crippen molar-refractivity contribution in [3.05, 3.63) is 54.4 Å². The Bertz CT molecular complexity index is 539. The van der Waals surface area contributed by atoms with Crippen LogP contribution in [0.25, 0.3) is 0 Å². The highest BCUT2D eigenvalue weighted by molar-refractivity contribution is 9.11. The van der Waals surface area contributed by atoms with E-state index in [0.29, 0.717) is 15.6 Å². The zero-order chi connectivity index (χ0) is 12.6. The van der Waals surface area contributed by atoms with Crippen LogP contribution in [0.1, 0.15) is 16.5 Å². The van der Waals surface area contributed by atoms with Crippen LogP contribution in [0.5, 0.6) is 0 Å². The molecule has 0 radical (unpaired) electrons. The summed E-state index contributed by atoms with van der Waals surface area (Å²) in [6, 6.07) is 5.64. The fourth-order valence-corrected chi connectivity index (χ4v) is 3.35. The van der Waals surface area contributed by atoms with Crippen molar-refractivity contribution in [2.75, 3.05) is 0 Å². The number of rotatable bonds is 2. The second kappa shape index (κ2) is 5.24. The lowest BCUT2D eigenvalue weighted by Crippen LogP contribution is -2.12. The summed E-state index contributed by atoms with van der Waals surface area (Å²) >= 11 is 16.3. The first-order valence-electron chi connectivity index (χ1n) is 4.64. The van der Waals surface area contributed by atoms with Gasteiger partial charge in [-0.2, -0.15) is 0 Å². The molecule has 90 valence electrons. The SMILES string of the molecule is NC(c1cc(Cl)c(Br)s1)c1ccc(Cl)cc1F. The molecule has 0 amide bonds. The summed E-state index contributed by atoms with van der Waals surface area (Å²) in [6.45, 7) is 0. The van der Waals surface area contributed by atoms with Gasteiger partial charge in [0.25, 0.3) is 0 Å². The molecule has 6 heteroatoms. The molecule has 2 N–H and O–H groups in total. The van der Waals surface area contributed by atoms with Gasteiger partial charge in [0.2, 0.25) is 0 Å². The monoisotopic (exact) mass is 353 g/mol. The molecule has 1 aromatic heterocycles. The van der Waals surface area contributed by atoms with E-state index in [1.807, 2.05) is 0 Å². The minimum atomic E-state index is -0.541. The van der Waals surface area contributed by atoms with Crippen molar-refractivity contribution in [3.63, 3.8) is 0 Å². The van der Waals surface area contributed by atoms with Crippen molar-refractivity contribution >= 4 is 50.5 Å². The third-order valence-corrected chi connectivity index (χ3v) is 5.06. The van der Waals surface area contributed by atoms with Gasteiger partial charge in [-0.1, -0.05) is 29.3 Å². The first-order valence-corrected chi connectivity index (χ1v) is 7.01. The molecule has 0 aliphatic carbocycles. The first kappa shape index (κ1) is 13.3. The van der Waals surface area contributed by atoms with Crippen LogP contribution in [-0.4, -0.2) is 0 Å². The van der Waals surface area contributed by atoms with Crippen LogP contribution in [0.15, 0.2) is 28.1 Å². The maximum atomic E-state index is 13.7. The van der Waals surface area contributed by atoms with Crippen LogP contribution in [0, 0.1) is 5.82 Å². The number of hydrogen-bond donors (Lipinski definition) is 1. The zero-order valence-electron chi connectivity index (χ0n) is 8.38. The molecule has 1 atom stereocenters. The molecular formula is C11H7BrCl2FNS. The summed E-state index contributed by atoms with van der Waals surface area (Å²) < 4.78 is 14.5. The van der Waals surface area contributed by atoms with Crippen molar-refractivity contribution in [3.8, 4) is 0 Å². The minimum absolute atomic E-state index is 0.351. The van der Waals surface area contributed by atoms with E-state index in [-0.39, 0.29) is 0 Å². The Labute approximate surface area is 120 Å². The largest absolute Gasteiger partial charge is 0.320 e. The van der Waals surface area contributed by atoms with E-state index in [1.54, 1.807) is 18.2 Å². The summed E-state index contributed by atoms with van der Waals surface area (Å²) in [5, 5.41) is 0.929. The van der Waals surface area contributed by atoms with Gasteiger partial charge in [0.1, 0.15) is 5.82 Å². The van der Waals surface area contributed by atoms with Crippen LogP contribution in [0.4, 0.5) is 4.39 Å². The molecule has 0 saturated carbocycles. The second-order valence-electron chi connectivity index (χ2n) is 3.41. The predicted octanol–water partition coefficient (Wildman–Crippen LogP) is 5.00. The number of nitrogens with two attached hydrogens (primary N) is 1. The Morgan fingerprint density at radius 1 is 1.29 bits per heavy atom. The van der Waals surface area contributed by atoms with Crippen LogP contribution in [-0.2, 0) is 0 Å². The topological polar surface area (TPSA) is 26.0 Å². The van der Waals surface area contributed by atoms with Crippen molar-refractivity contribution in [1.29, 1.82) is 0 Å². The predicted molar refractivity (Wildman–Crippen MR) is 74.5 cm³/mol. The Morgan fingerprint density at radius 3 is 2.53 bits per heavy atom. The summed E-state index contributed by atoms with van der Waals surface area (Å²) in [6.07, 6.45) is 0. The van der Waals surface area contributed by atoms with Gasteiger partial charge >= 0.3 is 0 Å². The van der Waals surface area contributed by atoms with E-state index in [4.69, 9.17) is 28.9 Å². The maximum Gasteiger partial charge on any atom is 0.129 e. The standard InChI is InChI=1S/C11H7BrCl2FNS/c12-11-7(14)4-9(17-11)10(16)6-2-1-5(13)3-8(6)15/h1-4,10H,16H2. The molecule has 1 heterocycles. The lowest BCUT2D eigenvalue weighted by Gasteiger charge is -2.11. The number of hydrogen-bond acceptors (Lipinski definition) is 2. The maximum absolute atomic E-state index is 13.7. The van der Waals surface area contributed by atoms with E-state index in [0.717, 1.165) is 8.66 Å². The average Bonchev–Trinajstić information content (AvgIpc) is 2.58. The molecule has 2 aromatic rings. The van der Waals surface area contributed by atoms with Gasteiger partial charge in [0.05, 0.1) is 14.9 Å². The van der Waals surface area contributed by atoms with E-state index in [2.05, 4.69) is 15.9 Å². The van der Waals surface area contributed by atoms with E-state index < -0.39 is 11.9 Å². The highest BCUT2D eigenvalue weighted by Crippen LogP contribution is 2.37. The third kappa shape index (κ3) is 2.83. The van der Waals surface area contributed by atoms with E-state index >= 15 is 0 Å². The molecular weight excluding hydrogens is 348 g/mol. The fourth-order valence-electron chi connectivity index (χ4n) is 1.42. The molecule has 0 spiro atoms. The van der Waals surface area contributed by atoms with Gasteiger partial charge in [0, 0.05) is 15.5 Å². The molecule has 0 fully saturated rings. The average molecular weight is 355 g/mol. The van der Waals surface area contributed by atoms with Crippen molar-refractivity contribution < 1.29 is 4.39 Å². The van der Waals surface area contributed by atoms with E-state index in [1.165, 1.54) is 17.4 Å². The molecule has 1 nitrogen and oxygen atoms in total. The van der Waals surface area contributed by atoms with Crippen molar-refractivity contribution in [2.24, 2.45) is 5.73 Å². The quantitative estimate of drug-likeness (QED) is 0.806. The normalized spacial score (nSPS) is 12.8. The summed E-state index contributed by atoms with van der Waals surface area (Å²) in [5.41, 5.74) is 6.40. The highest BCUT2D eigenvalue weighted by Gasteiger charge is 2.17. The lowest BCUT2D eigenvalue weighted by atomic mass is 10.1. The highest BCUT2D eigenvalue weighted by atomic mass is 79.9. The summed E-state index contributed by atoms with van der Waals surface area (Å²) in [4.78, 5) is 0.795. The van der Waals surface area contributed by atoms with Gasteiger partial charge in [-0.3, -0.25) is 0 Å².